The zero-order valence-corrected chi connectivity index (χ0v) is 11.7. The molecule has 0 unspecified atom stereocenters. The molecule has 1 saturated heterocycles. The van der Waals surface area contributed by atoms with E-state index in [9.17, 15) is 14.4 Å². The van der Waals surface area contributed by atoms with Crippen LogP contribution in [0, 0.1) is 0 Å². The molecule has 1 heterocycles. The highest BCUT2D eigenvalue weighted by Crippen LogP contribution is 2.21. The minimum absolute atomic E-state index is 0.367. The highest BCUT2D eigenvalue weighted by molar-refractivity contribution is 7.99. The number of rotatable bonds is 5. The molecule has 108 valence electrons. The summed E-state index contributed by atoms with van der Waals surface area (Å²) >= 11 is 1.77. The molecule has 0 aromatic carbocycles. The average Bonchev–Trinajstić information content (AvgIpc) is 2.36. The third kappa shape index (κ3) is 4.98. The number of aliphatic carboxylic acids is 1. The quantitative estimate of drug-likeness (QED) is 0.730. The summed E-state index contributed by atoms with van der Waals surface area (Å²) in [5.41, 5.74) is 5.03. The normalized spacial score (nSPS) is 16.2. The Kier molecular flexibility index (Phi) is 5.94. The first-order valence-corrected chi connectivity index (χ1v) is 7.29. The number of carbonyl (C=O) groups excluding carboxylic acids is 2. The first kappa shape index (κ1) is 15.6. The van der Waals surface area contributed by atoms with Gasteiger partial charge in [-0.2, -0.15) is 11.8 Å². The third-order valence-corrected chi connectivity index (χ3v) is 4.13. The monoisotopic (exact) mass is 289 g/mol. The average molecular weight is 289 g/mol. The number of likely N-dealkylation sites (tertiary alicyclic amines) is 1. The lowest BCUT2D eigenvalue weighted by atomic mass is 10.1. The van der Waals surface area contributed by atoms with E-state index in [1.807, 2.05) is 6.26 Å². The molecule has 3 amide bonds. The molecule has 0 radical (unpaired) electrons. The second-order valence-electron chi connectivity index (χ2n) is 4.42. The van der Waals surface area contributed by atoms with Crippen molar-refractivity contribution in [2.75, 3.05) is 32.4 Å². The molecule has 8 heteroatoms. The predicted octanol–water partition coefficient (Wildman–Crippen LogP) is -0.194. The zero-order chi connectivity index (χ0) is 14.4. The van der Waals surface area contributed by atoms with Crippen LogP contribution in [0.4, 0.5) is 4.79 Å². The topological polar surface area (TPSA) is 104 Å². The number of urea groups is 1. The molecule has 0 aliphatic carbocycles. The molecule has 1 fully saturated rings. The molecule has 0 aromatic heterocycles. The van der Waals surface area contributed by atoms with Crippen molar-refractivity contribution in [3.05, 3.63) is 0 Å². The van der Waals surface area contributed by atoms with Crippen LogP contribution in [0.1, 0.15) is 12.8 Å². The van der Waals surface area contributed by atoms with Gasteiger partial charge in [0.15, 0.2) is 0 Å². The van der Waals surface area contributed by atoms with Gasteiger partial charge in [-0.25, -0.2) is 4.79 Å². The standard InChI is InChI=1S/C11H19N3O4S/c1-19-8-2-4-13(5-3-8)11(18)14(6-9(12)15)7-10(16)17/h8H,2-7H2,1H3,(H2,12,15)(H,16,17). The molecule has 3 N–H and O–H groups in total. The van der Waals surface area contributed by atoms with E-state index in [4.69, 9.17) is 10.8 Å². The number of hydrogen-bond acceptors (Lipinski definition) is 4. The highest BCUT2D eigenvalue weighted by atomic mass is 32.2. The van der Waals surface area contributed by atoms with Crippen molar-refractivity contribution >= 4 is 29.7 Å². The van der Waals surface area contributed by atoms with Crippen molar-refractivity contribution in [3.63, 3.8) is 0 Å². The van der Waals surface area contributed by atoms with E-state index in [1.54, 1.807) is 16.7 Å². The number of piperidine rings is 1. The fourth-order valence-electron chi connectivity index (χ4n) is 2.03. The molecule has 0 saturated carbocycles. The van der Waals surface area contributed by atoms with Gasteiger partial charge < -0.3 is 20.6 Å². The third-order valence-electron chi connectivity index (χ3n) is 2.99. The number of hydrogen-bond donors (Lipinski definition) is 2. The Morgan fingerprint density at radius 1 is 1.32 bits per heavy atom. The summed E-state index contributed by atoms with van der Waals surface area (Å²) in [7, 11) is 0. The number of carbonyl (C=O) groups is 3. The van der Waals surface area contributed by atoms with Gasteiger partial charge in [0, 0.05) is 18.3 Å². The molecule has 0 aromatic rings. The van der Waals surface area contributed by atoms with E-state index in [1.165, 1.54) is 0 Å². The lowest BCUT2D eigenvalue weighted by Crippen LogP contribution is -2.50. The molecule has 1 aliphatic rings. The number of thioether (sulfide) groups is 1. The van der Waals surface area contributed by atoms with Gasteiger partial charge in [-0.1, -0.05) is 0 Å². The van der Waals surface area contributed by atoms with Crippen LogP contribution in [0.15, 0.2) is 0 Å². The van der Waals surface area contributed by atoms with Crippen LogP contribution in [0.5, 0.6) is 0 Å². The van der Waals surface area contributed by atoms with Crippen molar-refractivity contribution in [1.82, 2.24) is 9.80 Å². The van der Waals surface area contributed by atoms with Crippen LogP contribution < -0.4 is 5.73 Å². The van der Waals surface area contributed by atoms with Gasteiger partial charge in [0.1, 0.15) is 13.1 Å². The van der Waals surface area contributed by atoms with Gasteiger partial charge in [-0.3, -0.25) is 9.59 Å². The molecular weight excluding hydrogens is 270 g/mol. The van der Waals surface area contributed by atoms with Crippen molar-refractivity contribution in [2.45, 2.75) is 18.1 Å². The number of nitrogens with two attached hydrogens (primary N) is 1. The Balaban J connectivity index is 2.60. The largest absolute Gasteiger partial charge is 0.480 e. The number of carboxylic acids is 1. The summed E-state index contributed by atoms with van der Waals surface area (Å²) in [5.74, 6) is -1.87. The molecular formula is C11H19N3O4S. The fourth-order valence-corrected chi connectivity index (χ4v) is 2.71. The molecule has 1 aliphatic heterocycles. The van der Waals surface area contributed by atoms with E-state index >= 15 is 0 Å². The molecule has 0 atom stereocenters. The van der Waals surface area contributed by atoms with Gasteiger partial charge in [-0.05, 0) is 19.1 Å². The molecule has 0 spiro atoms. The number of amides is 3. The Labute approximate surface area is 116 Å². The van der Waals surface area contributed by atoms with Crippen molar-refractivity contribution < 1.29 is 19.5 Å². The molecule has 1 rings (SSSR count). The molecule has 7 nitrogen and oxygen atoms in total. The van der Waals surface area contributed by atoms with Crippen LogP contribution >= 0.6 is 11.8 Å². The smallest absolute Gasteiger partial charge is 0.323 e. The fraction of sp³-hybridized carbons (Fsp3) is 0.727. The van der Waals surface area contributed by atoms with Crippen LogP contribution in [0.3, 0.4) is 0 Å². The van der Waals surface area contributed by atoms with Gasteiger partial charge in [-0.15, -0.1) is 0 Å². The van der Waals surface area contributed by atoms with Gasteiger partial charge >= 0.3 is 12.0 Å². The Morgan fingerprint density at radius 3 is 2.32 bits per heavy atom. The summed E-state index contributed by atoms with van der Waals surface area (Å²) in [6.45, 7) is 0.288. The van der Waals surface area contributed by atoms with Crippen LogP contribution in [0.2, 0.25) is 0 Å². The minimum Gasteiger partial charge on any atom is -0.480 e. The second kappa shape index (κ2) is 7.22. The Bertz CT molecular complexity index is 340. The summed E-state index contributed by atoms with van der Waals surface area (Å²) in [6, 6.07) is -0.430. The summed E-state index contributed by atoms with van der Waals surface area (Å²) in [6.07, 6.45) is 3.79. The summed E-state index contributed by atoms with van der Waals surface area (Å²) in [5, 5.41) is 9.29. The Hall–Kier alpha value is -1.44. The predicted molar refractivity (Wildman–Crippen MR) is 71.9 cm³/mol. The van der Waals surface area contributed by atoms with E-state index in [0.717, 1.165) is 17.7 Å². The van der Waals surface area contributed by atoms with Crippen LogP contribution in [0.25, 0.3) is 0 Å². The summed E-state index contributed by atoms with van der Waals surface area (Å²) < 4.78 is 0. The lowest BCUT2D eigenvalue weighted by Gasteiger charge is -2.34. The number of carboxylic acid groups (broad SMARTS) is 1. The first-order valence-electron chi connectivity index (χ1n) is 6.00. The minimum atomic E-state index is -1.16. The number of primary amides is 1. The van der Waals surface area contributed by atoms with Crippen molar-refractivity contribution in [2.24, 2.45) is 5.73 Å². The highest BCUT2D eigenvalue weighted by Gasteiger charge is 2.27. The first-order chi connectivity index (χ1) is 8.93. The summed E-state index contributed by atoms with van der Waals surface area (Å²) in [4.78, 5) is 36.3. The molecule has 0 bridgehead atoms. The van der Waals surface area contributed by atoms with E-state index < -0.39 is 24.5 Å². The van der Waals surface area contributed by atoms with Crippen molar-refractivity contribution in [3.8, 4) is 0 Å². The van der Waals surface area contributed by atoms with Crippen LogP contribution in [-0.2, 0) is 9.59 Å². The van der Waals surface area contributed by atoms with Gasteiger partial charge in [0.05, 0.1) is 0 Å². The zero-order valence-electron chi connectivity index (χ0n) is 10.9. The van der Waals surface area contributed by atoms with E-state index in [0.29, 0.717) is 18.3 Å². The van der Waals surface area contributed by atoms with Crippen LogP contribution in [-0.4, -0.2) is 70.5 Å². The SMILES string of the molecule is CSC1CCN(C(=O)N(CC(N)=O)CC(=O)O)CC1. The number of nitrogens with zero attached hydrogens (tertiary/aromatic N) is 2. The maximum atomic E-state index is 12.1. The maximum absolute atomic E-state index is 12.1. The molecule has 19 heavy (non-hydrogen) atoms. The van der Waals surface area contributed by atoms with Gasteiger partial charge in [0.2, 0.25) is 5.91 Å². The van der Waals surface area contributed by atoms with Crippen molar-refractivity contribution in [1.29, 1.82) is 0 Å². The van der Waals surface area contributed by atoms with E-state index in [2.05, 4.69) is 0 Å². The second-order valence-corrected chi connectivity index (χ2v) is 5.56. The Morgan fingerprint density at radius 2 is 1.89 bits per heavy atom. The lowest BCUT2D eigenvalue weighted by molar-refractivity contribution is -0.138. The van der Waals surface area contributed by atoms with Gasteiger partial charge in [0.25, 0.3) is 0 Å². The maximum Gasteiger partial charge on any atom is 0.323 e. The van der Waals surface area contributed by atoms with E-state index in [-0.39, 0.29) is 6.54 Å².